The van der Waals surface area contributed by atoms with Crippen molar-refractivity contribution in [2.75, 3.05) is 0 Å². The number of hydrogen-bond acceptors (Lipinski definition) is 0. The first-order valence-electron chi connectivity index (χ1n) is 9.95. The van der Waals surface area contributed by atoms with Gasteiger partial charge in [-0.3, -0.25) is 0 Å². The van der Waals surface area contributed by atoms with Crippen molar-refractivity contribution in [1.82, 2.24) is 0 Å². The van der Waals surface area contributed by atoms with Gasteiger partial charge in [0.2, 0.25) is 0 Å². The van der Waals surface area contributed by atoms with Crippen molar-refractivity contribution in [2.24, 2.45) is 17.8 Å². The Morgan fingerprint density at radius 1 is 0.962 bits per heavy atom. The Hall–Kier alpha value is -1.51. The van der Waals surface area contributed by atoms with E-state index in [9.17, 15) is 13.2 Å². The fourth-order valence-electron chi connectivity index (χ4n) is 4.72. The number of alkyl halides is 3. The van der Waals surface area contributed by atoms with Gasteiger partial charge < -0.3 is 0 Å². The minimum Gasteiger partial charge on any atom is -0.166 e. The first-order valence-corrected chi connectivity index (χ1v) is 9.95. The summed E-state index contributed by atoms with van der Waals surface area (Å²) in [6.45, 7) is 3.82. The van der Waals surface area contributed by atoms with Crippen LogP contribution in [-0.4, -0.2) is 0 Å². The molecule has 1 atom stereocenters. The van der Waals surface area contributed by atoms with Crippen LogP contribution in [0.3, 0.4) is 0 Å². The van der Waals surface area contributed by atoms with E-state index in [-0.39, 0.29) is 0 Å². The summed E-state index contributed by atoms with van der Waals surface area (Å²) in [5, 5.41) is 0. The van der Waals surface area contributed by atoms with E-state index in [1.165, 1.54) is 56.2 Å². The van der Waals surface area contributed by atoms with Crippen molar-refractivity contribution in [3.8, 4) is 0 Å². The van der Waals surface area contributed by atoms with E-state index in [0.717, 1.165) is 42.6 Å². The van der Waals surface area contributed by atoms with Crippen LogP contribution in [0.5, 0.6) is 0 Å². The van der Waals surface area contributed by atoms with E-state index >= 15 is 0 Å². The smallest absolute Gasteiger partial charge is 0.166 e. The molecule has 0 spiro atoms. The predicted octanol–water partition coefficient (Wildman–Crippen LogP) is 7.66. The molecule has 1 aromatic rings. The molecule has 0 saturated heterocycles. The molecule has 26 heavy (non-hydrogen) atoms. The SMILES string of the molecule is C=CCCC1CCC([C@H]2CC=C(c3ccc(C(F)(F)F)cc3)CC2)CC1. The third kappa shape index (κ3) is 4.81. The summed E-state index contributed by atoms with van der Waals surface area (Å²) in [6.07, 6.45) is 11.1. The van der Waals surface area contributed by atoms with E-state index < -0.39 is 11.7 Å². The highest BCUT2D eigenvalue weighted by Gasteiger charge is 2.31. The molecule has 0 heterocycles. The third-order valence-electron chi connectivity index (χ3n) is 6.37. The summed E-state index contributed by atoms with van der Waals surface area (Å²) in [5.74, 6) is 2.47. The lowest BCUT2D eigenvalue weighted by Crippen LogP contribution is -2.23. The second-order valence-corrected chi connectivity index (χ2v) is 7.99. The lowest BCUT2D eigenvalue weighted by atomic mass is 9.70. The molecular formula is C23H29F3. The maximum atomic E-state index is 12.7. The zero-order chi connectivity index (χ0) is 18.6. The van der Waals surface area contributed by atoms with Crippen LogP contribution >= 0.6 is 0 Å². The molecular weight excluding hydrogens is 333 g/mol. The highest BCUT2D eigenvalue weighted by atomic mass is 19.4. The Morgan fingerprint density at radius 3 is 2.19 bits per heavy atom. The number of benzene rings is 1. The van der Waals surface area contributed by atoms with Crippen LogP contribution in [0.1, 0.15) is 68.9 Å². The van der Waals surface area contributed by atoms with Crippen LogP contribution in [0.25, 0.3) is 5.57 Å². The number of rotatable bonds is 5. The molecule has 1 aromatic carbocycles. The van der Waals surface area contributed by atoms with Crippen molar-refractivity contribution in [1.29, 1.82) is 0 Å². The first-order chi connectivity index (χ1) is 12.5. The second kappa shape index (κ2) is 8.45. The minimum absolute atomic E-state index is 0.566. The van der Waals surface area contributed by atoms with Gasteiger partial charge in [-0.2, -0.15) is 13.2 Å². The normalized spacial score (nSPS) is 27.0. The quantitative estimate of drug-likeness (QED) is 0.472. The minimum atomic E-state index is -4.25. The van der Waals surface area contributed by atoms with Crippen molar-refractivity contribution in [3.05, 3.63) is 54.1 Å². The summed E-state index contributed by atoms with van der Waals surface area (Å²) in [6, 6.07) is 5.65. The Balaban J connectivity index is 1.53. The molecule has 1 fully saturated rings. The van der Waals surface area contributed by atoms with Gasteiger partial charge in [0, 0.05) is 0 Å². The molecule has 0 radical (unpaired) electrons. The Labute approximate surface area is 155 Å². The molecule has 0 nitrogen and oxygen atoms in total. The second-order valence-electron chi connectivity index (χ2n) is 7.99. The Bertz CT molecular complexity index is 616. The predicted molar refractivity (Wildman–Crippen MR) is 102 cm³/mol. The molecule has 0 aliphatic heterocycles. The Morgan fingerprint density at radius 2 is 1.65 bits per heavy atom. The van der Waals surface area contributed by atoms with Crippen molar-refractivity contribution >= 4 is 5.57 Å². The monoisotopic (exact) mass is 362 g/mol. The first kappa shape index (κ1) is 19.3. The molecule has 142 valence electrons. The highest BCUT2D eigenvalue weighted by Crippen LogP contribution is 2.42. The fourth-order valence-corrected chi connectivity index (χ4v) is 4.72. The van der Waals surface area contributed by atoms with Gasteiger partial charge in [-0.05, 0) is 86.0 Å². The Kier molecular flexibility index (Phi) is 6.26. The van der Waals surface area contributed by atoms with Gasteiger partial charge in [-0.15, -0.1) is 6.58 Å². The maximum absolute atomic E-state index is 12.7. The topological polar surface area (TPSA) is 0 Å². The molecule has 1 saturated carbocycles. The molecule has 2 aliphatic rings. The number of allylic oxidation sites excluding steroid dienone is 3. The lowest BCUT2D eigenvalue weighted by molar-refractivity contribution is -0.137. The summed E-state index contributed by atoms with van der Waals surface area (Å²) in [4.78, 5) is 0. The molecule has 3 rings (SSSR count). The third-order valence-corrected chi connectivity index (χ3v) is 6.37. The number of hydrogen-bond donors (Lipinski definition) is 0. The summed E-state index contributed by atoms with van der Waals surface area (Å²) < 4.78 is 38.1. The van der Waals surface area contributed by atoms with Gasteiger partial charge in [0.25, 0.3) is 0 Å². The van der Waals surface area contributed by atoms with Crippen LogP contribution in [-0.2, 0) is 6.18 Å². The van der Waals surface area contributed by atoms with Gasteiger partial charge >= 0.3 is 6.18 Å². The van der Waals surface area contributed by atoms with Crippen molar-refractivity contribution < 1.29 is 13.2 Å². The van der Waals surface area contributed by atoms with Crippen LogP contribution in [0.4, 0.5) is 13.2 Å². The molecule has 3 heteroatoms. The van der Waals surface area contributed by atoms with E-state index in [0.29, 0.717) is 0 Å². The molecule has 0 bridgehead atoms. The van der Waals surface area contributed by atoms with E-state index in [1.807, 2.05) is 6.08 Å². The summed E-state index contributed by atoms with van der Waals surface area (Å²) in [7, 11) is 0. The highest BCUT2D eigenvalue weighted by molar-refractivity contribution is 5.66. The van der Waals surface area contributed by atoms with E-state index in [4.69, 9.17) is 0 Å². The molecule has 0 unspecified atom stereocenters. The molecule has 0 amide bonds. The van der Waals surface area contributed by atoms with Crippen molar-refractivity contribution in [3.63, 3.8) is 0 Å². The molecule has 0 N–H and O–H groups in total. The van der Waals surface area contributed by atoms with Crippen molar-refractivity contribution in [2.45, 2.75) is 64.0 Å². The van der Waals surface area contributed by atoms with Gasteiger partial charge in [0.1, 0.15) is 0 Å². The number of halogens is 3. The van der Waals surface area contributed by atoms with Gasteiger partial charge in [0.05, 0.1) is 5.56 Å². The average molecular weight is 362 g/mol. The van der Waals surface area contributed by atoms with E-state index in [2.05, 4.69) is 12.7 Å². The van der Waals surface area contributed by atoms with Crippen LogP contribution in [0.15, 0.2) is 43.0 Å². The van der Waals surface area contributed by atoms with Gasteiger partial charge in [-0.25, -0.2) is 0 Å². The van der Waals surface area contributed by atoms with Gasteiger partial charge in [0.15, 0.2) is 0 Å². The molecule has 0 aromatic heterocycles. The zero-order valence-corrected chi connectivity index (χ0v) is 15.4. The average Bonchev–Trinajstić information content (AvgIpc) is 2.66. The summed E-state index contributed by atoms with van der Waals surface area (Å²) in [5.41, 5.74) is 1.60. The fraction of sp³-hybridized carbons (Fsp3) is 0.565. The van der Waals surface area contributed by atoms with Crippen LogP contribution in [0, 0.1) is 17.8 Å². The molecule has 2 aliphatic carbocycles. The van der Waals surface area contributed by atoms with Crippen LogP contribution < -0.4 is 0 Å². The van der Waals surface area contributed by atoms with E-state index in [1.54, 1.807) is 12.1 Å². The largest absolute Gasteiger partial charge is 0.416 e. The summed E-state index contributed by atoms with van der Waals surface area (Å²) >= 11 is 0. The lowest BCUT2D eigenvalue weighted by Gasteiger charge is -2.35. The standard InChI is InChI=1S/C23H29F3/c1-2-3-4-17-5-7-18(8-6-17)19-9-11-20(12-10-19)21-13-15-22(16-14-21)23(24,25)26/h2,11,13-19H,1,3-10,12H2/t17?,18?,19-/m0/s1. The van der Waals surface area contributed by atoms with Crippen LogP contribution in [0.2, 0.25) is 0 Å². The zero-order valence-electron chi connectivity index (χ0n) is 15.4. The maximum Gasteiger partial charge on any atom is 0.416 e. The van der Waals surface area contributed by atoms with Gasteiger partial charge in [-0.1, -0.05) is 37.1 Å².